The minimum atomic E-state index is -1.23. The second kappa shape index (κ2) is 10.2. The van der Waals surface area contributed by atoms with E-state index < -0.39 is 8.07 Å². The van der Waals surface area contributed by atoms with Crippen LogP contribution in [0.25, 0.3) is 22.2 Å². The number of rotatable bonds is 11. The van der Waals surface area contributed by atoms with E-state index in [0.29, 0.717) is 48.4 Å². The van der Waals surface area contributed by atoms with Crippen molar-refractivity contribution in [2.75, 3.05) is 26.1 Å². The molecule has 0 radical (unpaired) electrons. The lowest BCUT2D eigenvalue weighted by atomic mass is 10.1. The van der Waals surface area contributed by atoms with E-state index in [9.17, 15) is 9.59 Å². The maximum atomic E-state index is 12.5. The Kier molecular flexibility index (Phi) is 7.22. The molecule has 1 N–H and O–H groups in total. The maximum absolute atomic E-state index is 12.5. The van der Waals surface area contributed by atoms with Crippen molar-refractivity contribution in [1.29, 1.82) is 0 Å². The van der Waals surface area contributed by atoms with Gasteiger partial charge in [0.1, 0.15) is 30.2 Å². The Labute approximate surface area is 205 Å². The molecule has 3 aromatic rings. The number of nitrogens with one attached hydrogen (secondary N) is 1. The van der Waals surface area contributed by atoms with Gasteiger partial charge in [0, 0.05) is 49.9 Å². The van der Waals surface area contributed by atoms with Crippen LogP contribution < -0.4 is 14.8 Å². The molecule has 0 aromatic carbocycles. The van der Waals surface area contributed by atoms with Gasteiger partial charge in [0.15, 0.2) is 0 Å². The van der Waals surface area contributed by atoms with E-state index in [4.69, 9.17) is 19.2 Å². The lowest BCUT2D eigenvalue weighted by Gasteiger charge is -2.15. The first-order valence-corrected chi connectivity index (χ1v) is 15.4. The number of pyridine rings is 2. The third-order valence-corrected chi connectivity index (χ3v) is 7.82. The van der Waals surface area contributed by atoms with Gasteiger partial charge in [-0.15, -0.1) is 0 Å². The number of methoxy groups -OCH3 is 2. The van der Waals surface area contributed by atoms with Gasteiger partial charge in [-0.05, 0) is 30.7 Å². The molecule has 0 aliphatic heterocycles. The normalized spacial score (nSPS) is 17.3. The van der Waals surface area contributed by atoms with Crippen LogP contribution in [0.1, 0.15) is 6.42 Å². The number of carbonyl (C=O) groups is 2. The summed E-state index contributed by atoms with van der Waals surface area (Å²) in [5.74, 6) is 0.836. The van der Waals surface area contributed by atoms with Gasteiger partial charge in [0.25, 0.3) is 0 Å². The topological polar surface area (TPSA) is 105 Å². The van der Waals surface area contributed by atoms with Gasteiger partial charge >= 0.3 is 0 Å². The van der Waals surface area contributed by atoms with Crippen molar-refractivity contribution >= 4 is 37.1 Å². The van der Waals surface area contributed by atoms with Crippen LogP contribution in [0.2, 0.25) is 25.7 Å². The predicted octanol–water partition coefficient (Wildman–Crippen LogP) is 4.20. The Morgan fingerprint density at radius 1 is 1.23 bits per heavy atom. The van der Waals surface area contributed by atoms with Crippen molar-refractivity contribution < 1.29 is 23.8 Å². The lowest BCUT2D eigenvalue weighted by Crippen LogP contribution is -2.22. The molecule has 186 valence electrons. The van der Waals surface area contributed by atoms with E-state index in [1.807, 2.05) is 16.8 Å². The average Bonchev–Trinajstić information content (AvgIpc) is 3.55. The fraction of sp³-hybridized carbons (Fsp3) is 0.440. The van der Waals surface area contributed by atoms with Gasteiger partial charge in [-0.1, -0.05) is 19.6 Å². The molecule has 10 heteroatoms. The summed E-state index contributed by atoms with van der Waals surface area (Å²) in [6.07, 6.45) is 5.01. The first-order chi connectivity index (χ1) is 16.8. The minimum absolute atomic E-state index is 0.186. The van der Waals surface area contributed by atoms with E-state index in [-0.39, 0.29) is 17.7 Å². The SMILES string of the molecule is COc1ccnc(OC)c1-c1cn(COCC[Si](C)(C)C)c2nc(NC(=O)C3CC3C=O)ccc12. The van der Waals surface area contributed by atoms with E-state index in [1.165, 1.54) is 0 Å². The fourth-order valence-corrected chi connectivity index (χ4v) is 4.71. The predicted molar refractivity (Wildman–Crippen MR) is 136 cm³/mol. The number of carbonyl (C=O) groups excluding carboxylic acids is 2. The van der Waals surface area contributed by atoms with Gasteiger partial charge in [0.2, 0.25) is 11.8 Å². The molecule has 1 saturated carbocycles. The Bertz CT molecular complexity index is 1210. The summed E-state index contributed by atoms with van der Waals surface area (Å²) in [5.41, 5.74) is 2.21. The molecular weight excluding hydrogens is 464 g/mol. The number of hydrogen-bond acceptors (Lipinski definition) is 7. The summed E-state index contributed by atoms with van der Waals surface area (Å²) >= 11 is 0. The number of hydrogen-bond donors (Lipinski definition) is 1. The summed E-state index contributed by atoms with van der Waals surface area (Å²) in [6, 6.07) is 6.50. The van der Waals surface area contributed by atoms with Crippen LogP contribution in [0.4, 0.5) is 5.82 Å². The highest BCUT2D eigenvalue weighted by Gasteiger charge is 2.43. The van der Waals surface area contributed by atoms with Crippen molar-refractivity contribution in [3.8, 4) is 22.8 Å². The summed E-state index contributed by atoms with van der Waals surface area (Å²) in [5, 5.41) is 3.70. The number of nitrogens with zero attached hydrogens (tertiary/aromatic N) is 3. The zero-order valence-electron chi connectivity index (χ0n) is 20.8. The summed E-state index contributed by atoms with van der Waals surface area (Å²) < 4.78 is 19.1. The van der Waals surface area contributed by atoms with Crippen LogP contribution in [-0.2, 0) is 21.1 Å². The Morgan fingerprint density at radius 2 is 2.03 bits per heavy atom. The van der Waals surface area contributed by atoms with Crippen LogP contribution in [0.5, 0.6) is 11.6 Å². The van der Waals surface area contributed by atoms with Crippen LogP contribution in [0.15, 0.2) is 30.6 Å². The highest BCUT2D eigenvalue weighted by Crippen LogP contribution is 2.41. The zero-order chi connectivity index (χ0) is 25.2. The van der Waals surface area contributed by atoms with Crippen molar-refractivity contribution in [2.45, 2.75) is 38.8 Å². The van der Waals surface area contributed by atoms with Gasteiger partial charge in [0.05, 0.1) is 19.8 Å². The second-order valence-corrected chi connectivity index (χ2v) is 15.6. The molecule has 2 unspecified atom stereocenters. The van der Waals surface area contributed by atoms with Crippen molar-refractivity contribution in [2.24, 2.45) is 11.8 Å². The van der Waals surface area contributed by atoms with Crippen molar-refractivity contribution in [3.05, 3.63) is 30.6 Å². The van der Waals surface area contributed by atoms with Gasteiger partial charge < -0.3 is 28.9 Å². The molecule has 35 heavy (non-hydrogen) atoms. The molecule has 3 aromatic heterocycles. The molecule has 1 fully saturated rings. The fourth-order valence-electron chi connectivity index (χ4n) is 3.96. The highest BCUT2D eigenvalue weighted by molar-refractivity contribution is 6.76. The van der Waals surface area contributed by atoms with Crippen LogP contribution in [-0.4, -0.2) is 55.6 Å². The first kappa shape index (κ1) is 24.9. The maximum Gasteiger partial charge on any atom is 0.229 e. The summed E-state index contributed by atoms with van der Waals surface area (Å²) in [7, 11) is 1.95. The van der Waals surface area contributed by atoms with Crippen molar-refractivity contribution in [3.63, 3.8) is 0 Å². The molecular formula is C25H32N4O5Si. The first-order valence-electron chi connectivity index (χ1n) is 11.7. The van der Waals surface area contributed by atoms with Crippen molar-refractivity contribution in [1.82, 2.24) is 14.5 Å². The number of amides is 1. The largest absolute Gasteiger partial charge is 0.496 e. The molecule has 2 atom stereocenters. The van der Waals surface area contributed by atoms with Gasteiger partial charge in [-0.2, -0.15) is 0 Å². The van der Waals surface area contributed by atoms with Gasteiger partial charge in [-0.25, -0.2) is 9.97 Å². The number of anilines is 1. The van der Waals surface area contributed by atoms with Gasteiger partial charge in [-0.3, -0.25) is 4.79 Å². The third kappa shape index (κ3) is 5.54. The molecule has 1 amide bonds. The highest BCUT2D eigenvalue weighted by atomic mass is 28.3. The Balaban J connectivity index is 1.71. The van der Waals surface area contributed by atoms with E-state index >= 15 is 0 Å². The van der Waals surface area contributed by atoms with E-state index in [0.717, 1.165) is 23.3 Å². The average molecular weight is 497 g/mol. The minimum Gasteiger partial charge on any atom is -0.496 e. The van der Waals surface area contributed by atoms with Crippen LogP contribution >= 0.6 is 0 Å². The molecule has 3 heterocycles. The monoisotopic (exact) mass is 496 g/mol. The Hall–Kier alpha value is -3.24. The van der Waals surface area contributed by atoms with E-state index in [1.54, 1.807) is 32.5 Å². The molecule has 9 nitrogen and oxygen atoms in total. The molecule has 0 spiro atoms. The molecule has 0 saturated heterocycles. The quantitative estimate of drug-likeness (QED) is 0.241. The smallest absolute Gasteiger partial charge is 0.229 e. The second-order valence-electron chi connectivity index (χ2n) is 9.96. The standard InChI is InChI=1S/C25H32N4O5Si/c1-32-20-8-9-26-25(33-2)22(20)19-13-29(15-34-10-11-35(3,4)5)23-17(19)6-7-21(27-23)28-24(31)18-12-16(18)14-30/h6-9,13-14,16,18H,10-12,15H2,1-5H3,(H,27,28,31). The number of aldehydes is 1. The molecule has 4 rings (SSSR count). The third-order valence-electron chi connectivity index (χ3n) is 6.11. The summed E-state index contributed by atoms with van der Waals surface area (Å²) in [4.78, 5) is 32.5. The van der Waals surface area contributed by atoms with Crippen LogP contribution in [0.3, 0.4) is 0 Å². The Morgan fingerprint density at radius 3 is 2.69 bits per heavy atom. The number of fused-ring (bicyclic) bond motifs is 1. The molecule has 1 aliphatic rings. The van der Waals surface area contributed by atoms with Crippen LogP contribution in [0, 0.1) is 11.8 Å². The number of ether oxygens (including phenoxy) is 3. The lowest BCUT2D eigenvalue weighted by molar-refractivity contribution is -0.119. The molecule has 1 aliphatic carbocycles. The zero-order valence-corrected chi connectivity index (χ0v) is 21.8. The number of aromatic nitrogens is 3. The molecule has 0 bridgehead atoms. The van der Waals surface area contributed by atoms with E-state index in [2.05, 4.69) is 29.9 Å². The summed E-state index contributed by atoms with van der Waals surface area (Å²) in [6.45, 7) is 7.91.